The molecule has 3 rings (SSSR count). The second-order valence-electron chi connectivity index (χ2n) is 7.41. The van der Waals surface area contributed by atoms with E-state index in [4.69, 9.17) is 9.47 Å². The maximum atomic E-state index is 12.4. The summed E-state index contributed by atoms with van der Waals surface area (Å²) >= 11 is 0. The highest BCUT2D eigenvalue weighted by Gasteiger charge is 2.19. The van der Waals surface area contributed by atoms with E-state index in [2.05, 4.69) is 22.8 Å². The highest BCUT2D eigenvalue weighted by molar-refractivity contribution is 6.39. The van der Waals surface area contributed by atoms with Gasteiger partial charge in [-0.2, -0.15) is 0 Å². The molecule has 0 aromatic heterocycles. The maximum absolute atomic E-state index is 12.4. The van der Waals surface area contributed by atoms with Gasteiger partial charge in [0, 0.05) is 11.8 Å². The van der Waals surface area contributed by atoms with Crippen molar-refractivity contribution in [3.05, 3.63) is 53.1 Å². The zero-order valence-electron chi connectivity index (χ0n) is 17.9. The predicted molar refractivity (Wildman–Crippen MR) is 117 cm³/mol. The molecule has 0 fully saturated rings. The number of rotatable bonds is 7. The number of ether oxygens (including phenoxy) is 2. The number of amides is 2. The van der Waals surface area contributed by atoms with E-state index >= 15 is 0 Å². The predicted octanol–water partition coefficient (Wildman–Crippen LogP) is 4.18. The Balaban J connectivity index is 1.63. The Morgan fingerprint density at radius 1 is 0.900 bits per heavy atom. The Morgan fingerprint density at radius 3 is 2.33 bits per heavy atom. The molecule has 1 aliphatic carbocycles. The molecule has 0 saturated carbocycles. The summed E-state index contributed by atoms with van der Waals surface area (Å²) in [5, 5.41) is 5.42. The lowest BCUT2D eigenvalue weighted by Crippen LogP contribution is -2.37. The summed E-state index contributed by atoms with van der Waals surface area (Å²) in [7, 11) is 0. The second-order valence-corrected chi connectivity index (χ2v) is 7.41. The molecule has 2 N–H and O–H groups in total. The Bertz CT molecular complexity index is 910. The number of carbonyl (C=O) groups excluding carboxylic acids is 2. The monoisotopic (exact) mass is 410 g/mol. The fraction of sp³-hybridized carbons (Fsp3) is 0.417. The van der Waals surface area contributed by atoms with E-state index in [1.165, 1.54) is 24.0 Å². The quantitative estimate of drug-likeness (QED) is 0.672. The molecule has 2 aromatic carbocycles. The Morgan fingerprint density at radius 2 is 1.60 bits per heavy atom. The van der Waals surface area contributed by atoms with E-state index in [0.717, 1.165) is 18.4 Å². The van der Waals surface area contributed by atoms with Crippen molar-refractivity contribution in [2.75, 3.05) is 18.5 Å². The normalized spacial score (nSPS) is 13.7. The molecule has 1 unspecified atom stereocenters. The van der Waals surface area contributed by atoms with Gasteiger partial charge in [-0.15, -0.1) is 0 Å². The van der Waals surface area contributed by atoms with Crippen molar-refractivity contribution >= 4 is 17.5 Å². The molecule has 6 nitrogen and oxygen atoms in total. The van der Waals surface area contributed by atoms with Crippen molar-refractivity contribution in [2.45, 2.75) is 52.5 Å². The summed E-state index contributed by atoms with van der Waals surface area (Å²) < 4.78 is 11.1. The summed E-state index contributed by atoms with van der Waals surface area (Å²) in [6.07, 6.45) is 4.62. The molecule has 1 atom stereocenters. The van der Waals surface area contributed by atoms with Gasteiger partial charge in [0.1, 0.15) is 0 Å². The largest absolute Gasteiger partial charge is 0.490 e. The van der Waals surface area contributed by atoms with Crippen molar-refractivity contribution in [1.29, 1.82) is 0 Å². The first kappa shape index (κ1) is 21.7. The van der Waals surface area contributed by atoms with E-state index in [-0.39, 0.29) is 6.04 Å². The van der Waals surface area contributed by atoms with E-state index in [0.29, 0.717) is 30.4 Å². The smallest absolute Gasteiger partial charge is 0.313 e. The number of anilines is 1. The molecule has 6 heteroatoms. The molecule has 160 valence electrons. The first-order chi connectivity index (χ1) is 14.5. The molecule has 2 aromatic rings. The molecule has 2 amide bonds. The first-order valence-corrected chi connectivity index (χ1v) is 10.6. The molecule has 0 spiro atoms. The number of benzene rings is 2. The Kier molecular flexibility index (Phi) is 7.33. The number of hydrogen-bond acceptors (Lipinski definition) is 4. The third-order valence-corrected chi connectivity index (χ3v) is 5.23. The lowest BCUT2D eigenvalue weighted by Gasteiger charge is -2.20. The summed E-state index contributed by atoms with van der Waals surface area (Å²) in [6.45, 7) is 6.63. The number of nitrogens with one attached hydrogen (secondary N) is 2. The zero-order chi connectivity index (χ0) is 21.5. The lowest BCUT2D eigenvalue weighted by atomic mass is 9.89. The SMILES string of the molecule is CCOc1ccc(NC(=O)C(=O)NC(C)c2ccc3c(c2)CCCC3)cc1OCC. The minimum absolute atomic E-state index is 0.255. The van der Waals surface area contributed by atoms with Gasteiger partial charge in [0.2, 0.25) is 0 Å². The van der Waals surface area contributed by atoms with Crippen LogP contribution in [-0.2, 0) is 22.4 Å². The van der Waals surface area contributed by atoms with E-state index in [1.54, 1.807) is 18.2 Å². The van der Waals surface area contributed by atoms with Gasteiger partial charge in [-0.25, -0.2) is 0 Å². The van der Waals surface area contributed by atoms with Gasteiger partial charge in [0.25, 0.3) is 0 Å². The fourth-order valence-corrected chi connectivity index (χ4v) is 3.68. The minimum Gasteiger partial charge on any atom is -0.490 e. The maximum Gasteiger partial charge on any atom is 0.313 e. The number of fused-ring (bicyclic) bond motifs is 1. The summed E-state index contributed by atoms with van der Waals surface area (Å²) in [6, 6.07) is 11.1. The lowest BCUT2D eigenvalue weighted by molar-refractivity contribution is -0.136. The van der Waals surface area contributed by atoms with Crippen LogP contribution >= 0.6 is 0 Å². The van der Waals surface area contributed by atoms with Gasteiger partial charge in [-0.1, -0.05) is 18.2 Å². The first-order valence-electron chi connectivity index (χ1n) is 10.6. The number of hydrogen-bond donors (Lipinski definition) is 2. The highest BCUT2D eigenvalue weighted by atomic mass is 16.5. The third kappa shape index (κ3) is 5.32. The summed E-state index contributed by atoms with van der Waals surface area (Å²) in [5.74, 6) is -0.263. The van der Waals surface area contributed by atoms with Crippen LogP contribution in [0.2, 0.25) is 0 Å². The van der Waals surface area contributed by atoms with Crippen LogP contribution < -0.4 is 20.1 Å². The van der Waals surface area contributed by atoms with Crippen molar-refractivity contribution < 1.29 is 19.1 Å². The van der Waals surface area contributed by atoms with E-state index in [9.17, 15) is 9.59 Å². The summed E-state index contributed by atoms with van der Waals surface area (Å²) in [4.78, 5) is 24.8. The molecule has 0 saturated heterocycles. The van der Waals surface area contributed by atoms with Crippen molar-refractivity contribution in [3.8, 4) is 11.5 Å². The Hall–Kier alpha value is -3.02. The van der Waals surface area contributed by atoms with E-state index in [1.807, 2.05) is 26.8 Å². The van der Waals surface area contributed by atoms with Crippen LogP contribution in [0.3, 0.4) is 0 Å². The van der Waals surface area contributed by atoms with Crippen LogP contribution in [0.25, 0.3) is 0 Å². The van der Waals surface area contributed by atoms with Gasteiger partial charge in [0.05, 0.1) is 19.3 Å². The van der Waals surface area contributed by atoms with Crippen LogP contribution in [0.4, 0.5) is 5.69 Å². The Labute approximate surface area is 178 Å². The molecular weight excluding hydrogens is 380 g/mol. The average Bonchev–Trinajstić information content (AvgIpc) is 2.75. The fourth-order valence-electron chi connectivity index (χ4n) is 3.68. The minimum atomic E-state index is -0.716. The molecule has 0 aliphatic heterocycles. The topological polar surface area (TPSA) is 76.7 Å². The summed E-state index contributed by atoms with van der Waals surface area (Å²) in [5.41, 5.74) is 4.23. The van der Waals surface area contributed by atoms with Crippen molar-refractivity contribution in [3.63, 3.8) is 0 Å². The van der Waals surface area contributed by atoms with Crippen LogP contribution in [-0.4, -0.2) is 25.0 Å². The highest BCUT2D eigenvalue weighted by Crippen LogP contribution is 2.30. The van der Waals surface area contributed by atoms with Gasteiger partial charge >= 0.3 is 11.8 Å². The van der Waals surface area contributed by atoms with Crippen LogP contribution in [0.5, 0.6) is 11.5 Å². The molecule has 0 bridgehead atoms. The van der Waals surface area contributed by atoms with Crippen LogP contribution in [0.15, 0.2) is 36.4 Å². The third-order valence-electron chi connectivity index (χ3n) is 5.23. The molecule has 30 heavy (non-hydrogen) atoms. The van der Waals surface area contributed by atoms with Gasteiger partial charge in [-0.3, -0.25) is 9.59 Å². The van der Waals surface area contributed by atoms with E-state index < -0.39 is 11.8 Å². The van der Waals surface area contributed by atoms with Gasteiger partial charge < -0.3 is 20.1 Å². The van der Waals surface area contributed by atoms with Gasteiger partial charge in [-0.05, 0) is 75.3 Å². The number of carbonyl (C=O) groups is 2. The molecular formula is C24H30N2O4. The molecule has 0 heterocycles. The average molecular weight is 411 g/mol. The van der Waals surface area contributed by atoms with Crippen molar-refractivity contribution in [2.24, 2.45) is 0 Å². The second kappa shape index (κ2) is 10.1. The van der Waals surface area contributed by atoms with Crippen molar-refractivity contribution in [1.82, 2.24) is 5.32 Å². The molecule has 1 aliphatic rings. The number of aryl methyl sites for hydroxylation is 2. The van der Waals surface area contributed by atoms with Crippen LogP contribution in [0.1, 0.15) is 56.3 Å². The zero-order valence-corrected chi connectivity index (χ0v) is 17.9. The van der Waals surface area contributed by atoms with Crippen LogP contribution in [0, 0.1) is 0 Å². The molecule has 0 radical (unpaired) electrons. The van der Waals surface area contributed by atoms with Gasteiger partial charge in [0.15, 0.2) is 11.5 Å². The standard InChI is InChI=1S/C24H30N2O4/c1-4-29-21-13-12-20(15-22(21)30-5-2)26-24(28)23(27)25-16(3)18-11-10-17-8-6-7-9-19(17)14-18/h10-16H,4-9H2,1-3H3,(H,25,27)(H,26,28).